The van der Waals surface area contributed by atoms with Crippen molar-refractivity contribution in [3.05, 3.63) is 0 Å². The van der Waals surface area contributed by atoms with E-state index in [4.69, 9.17) is 9.47 Å². The van der Waals surface area contributed by atoms with Crippen molar-refractivity contribution in [1.82, 2.24) is 0 Å². The molecule has 25 heavy (non-hydrogen) atoms. The molecule has 3 heteroatoms. The molecule has 0 aromatic carbocycles. The topological polar surface area (TPSA) is 35.5 Å². The van der Waals surface area contributed by atoms with Crippen LogP contribution in [-0.4, -0.2) is 19.4 Å². The molecule has 0 atom stereocenters. The zero-order valence-corrected chi connectivity index (χ0v) is 16.6. The summed E-state index contributed by atoms with van der Waals surface area (Å²) in [4.78, 5) is 11.4. The molecular weight excluding hydrogens is 312 g/mol. The van der Waals surface area contributed by atoms with E-state index in [0.717, 1.165) is 25.7 Å². The second kappa shape index (κ2) is 18.1. The van der Waals surface area contributed by atoms with Crippen molar-refractivity contribution in [3.8, 4) is 0 Å². The summed E-state index contributed by atoms with van der Waals surface area (Å²) >= 11 is 0. The summed E-state index contributed by atoms with van der Waals surface area (Å²) in [5.74, 6) is 0. The zero-order chi connectivity index (χ0) is 17.8. The fourth-order valence-corrected chi connectivity index (χ4v) is 3.56. The maximum Gasteiger partial charge on any atom is 0.508 e. The van der Waals surface area contributed by atoms with Gasteiger partial charge in [0.2, 0.25) is 0 Å². The molecule has 1 aliphatic heterocycles. The van der Waals surface area contributed by atoms with Gasteiger partial charge in [0.25, 0.3) is 0 Å². The van der Waals surface area contributed by atoms with Crippen LogP contribution in [0.4, 0.5) is 4.79 Å². The Labute approximate surface area is 156 Å². The molecule has 0 unspecified atom stereocenters. The van der Waals surface area contributed by atoms with Crippen molar-refractivity contribution in [3.63, 3.8) is 0 Å². The average molecular weight is 355 g/mol. The maximum atomic E-state index is 11.4. The molecule has 1 heterocycles. The van der Waals surface area contributed by atoms with Crippen LogP contribution in [0.3, 0.4) is 0 Å². The molecule has 1 saturated heterocycles. The van der Waals surface area contributed by atoms with Crippen molar-refractivity contribution < 1.29 is 14.3 Å². The highest BCUT2D eigenvalue weighted by Gasteiger charge is 2.03. The van der Waals surface area contributed by atoms with Gasteiger partial charge in [0.15, 0.2) is 0 Å². The Bertz CT molecular complexity index is 265. The van der Waals surface area contributed by atoms with E-state index in [9.17, 15) is 4.79 Å². The predicted octanol–water partition coefficient (Wildman–Crippen LogP) is 7.57. The van der Waals surface area contributed by atoms with Gasteiger partial charge in [0, 0.05) is 0 Å². The van der Waals surface area contributed by atoms with Gasteiger partial charge in [-0.05, 0) is 12.8 Å². The highest BCUT2D eigenvalue weighted by atomic mass is 16.7. The van der Waals surface area contributed by atoms with E-state index in [2.05, 4.69) is 0 Å². The van der Waals surface area contributed by atoms with Crippen LogP contribution in [0.15, 0.2) is 0 Å². The lowest BCUT2D eigenvalue weighted by molar-refractivity contribution is 0.0529. The standard InChI is InChI=1S/C22H42O3/c23-22-24-20-18-16-14-12-10-8-6-4-2-1-3-5-7-9-11-13-15-17-19-21-25-22/h1-21H2. The quantitative estimate of drug-likeness (QED) is 0.421. The molecule has 148 valence electrons. The minimum absolute atomic E-state index is 0.477. The Balaban J connectivity index is 2.08. The fraction of sp³-hybridized carbons (Fsp3) is 0.955. The normalized spacial score (nSPS) is 23.0. The summed E-state index contributed by atoms with van der Waals surface area (Å²) in [7, 11) is 0. The predicted molar refractivity (Wildman–Crippen MR) is 105 cm³/mol. The van der Waals surface area contributed by atoms with E-state index in [1.54, 1.807) is 0 Å². The van der Waals surface area contributed by atoms with Crippen LogP contribution >= 0.6 is 0 Å². The van der Waals surface area contributed by atoms with Gasteiger partial charge in [-0.15, -0.1) is 0 Å². The third kappa shape index (κ3) is 16.5. The summed E-state index contributed by atoms with van der Waals surface area (Å²) in [6, 6.07) is 0. The highest BCUT2D eigenvalue weighted by Crippen LogP contribution is 2.14. The number of hydrogen-bond acceptors (Lipinski definition) is 3. The van der Waals surface area contributed by atoms with Gasteiger partial charge in [0.05, 0.1) is 13.2 Å². The third-order valence-electron chi connectivity index (χ3n) is 5.23. The minimum Gasteiger partial charge on any atom is -0.434 e. The van der Waals surface area contributed by atoms with Crippen LogP contribution in [-0.2, 0) is 9.47 Å². The first-order valence-electron chi connectivity index (χ1n) is 11.2. The average Bonchev–Trinajstić information content (AvgIpc) is 2.61. The molecule has 0 radical (unpaired) electrons. The minimum atomic E-state index is -0.477. The first kappa shape index (κ1) is 22.3. The molecule has 0 aromatic heterocycles. The molecule has 3 nitrogen and oxygen atoms in total. The Hall–Kier alpha value is -0.730. The van der Waals surface area contributed by atoms with E-state index in [1.165, 1.54) is 96.3 Å². The second-order valence-corrected chi connectivity index (χ2v) is 7.66. The van der Waals surface area contributed by atoms with Gasteiger partial charge in [0.1, 0.15) is 0 Å². The Morgan fingerprint density at radius 1 is 0.360 bits per heavy atom. The molecule has 1 aliphatic rings. The Kier molecular flexibility index (Phi) is 16.1. The van der Waals surface area contributed by atoms with E-state index in [-0.39, 0.29) is 0 Å². The molecule has 0 N–H and O–H groups in total. The molecule has 0 saturated carbocycles. The monoisotopic (exact) mass is 354 g/mol. The summed E-state index contributed by atoms with van der Waals surface area (Å²) < 4.78 is 10.2. The lowest BCUT2D eigenvalue weighted by atomic mass is 10.0. The first-order chi connectivity index (χ1) is 12.4. The molecule has 1 fully saturated rings. The van der Waals surface area contributed by atoms with Gasteiger partial charge in [-0.25, -0.2) is 4.79 Å². The summed E-state index contributed by atoms with van der Waals surface area (Å²) in [5.41, 5.74) is 0. The van der Waals surface area contributed by atoms with Gasteiger partial charge in [-0.1, -0.05) is 109 Å². The zero-order valence-electron chi connectivity index (χ0n) is 16.6. The molecule has 0 amide bonds. The smallest absolute Gasteiger partial charge is 0.434 e. The Morgan fingerprint density at radius 2 is 0.560 bits per heavy atom. The molecule has 0 aromatic rings. The number of carbonyl (C=O) groups excluding carboxylic acids is 1. The third-order valence-corrected chi connectivity index (χ3v) is 5.23. The van der Waals surface area contributed by atoms with Crippen molar-refractivity contribution >= 4 is 6.16 Å². The van der Waals surface area contributed by atoms with E-state index >= 15 is 0 Å². The van der Waals surface area contributed by atoms with Crippen LogP contribution in [0.2, 0.25) is 0 Å². The molecule has 0 bridgehead atoms. The molecule has 0 aliphatic carbocycles. The van der Waals surface area contributed by atoms with Crippen molar-refractivity contribution in [1.29, 1.82) is 0 Å². The van der Waals surface area contributed by atoms with E-state index in [1.807, 2.05) is 0 Å². The van der Waals surface area contributed by atoms with E-state index < -0.39 is 6.16 Å². The molecule has 1 rings (SSSR count). The maximum absolute atomic E-state index is 11.4. The van der Waals surface area contributed by atoms with Crippen LogP contribution in [0, 0.1) is 0 Å². The van der Waals surface area contributed by atoms with Crippen LogP contribution in [0.5, 0.6) is 0 Å². The molecular formula is C22H42O3. The van der Waals surface area contributed by atoms with Gasteiger partial charge in [-0.2, -0.15) is 0 Å². The molecule has 0 spiro atoms. The van der Waals surface area contributed by atoms with Crippen LogP contribution in [0.25, 0.3) is 0 Å². The van der Waals surface area contributed by atoms with Crippen molar-refractivity contribution in [2.75, 3.05) is 13.2 Å². The van der Waals surface area contributed by atoms with Crippen molar-refractivity contribution in [2.24, 2.45) is 0 Å². The number of cyclic esters (lactones) is 2. The summed E-state index contributed by atoms with van der Waals surface area (Å²) in [5, 5.41) is 0. The first-order valence-corrected chi connectivity index (χ1v) is 11.2. The number of hydrogen-bond donors (Lipinski definition) is 0. The highest BCUT2D eigenvalue weighted by molar-refractivity contribution is 5.59. The van der Waals surface area contributed by atoms with Crippen LogP contribution in [0.1, 0.15) is 122 Å². The van der Waals surface area contributed by atoms with E-state index in [0.29, 0.717) is 13.2 Å². The Morgan fingerprint density at radius 3 is 0.800 bits per heavy atom. The number of ether oxygens (including phenoxy) is 2. The second-order valence-electron chi connectivity index (χ2n) is 7.66. The number of carbonyl (C=O) groups is 1. The van der Waals surface area contributed by atoms with Gasteiger partial charge >= 0.3 is 6.16 Å². The number of rotatable bonds is 0. The fourth-order valence-electron chi connectivity index (χ4n) is 3.56. The van der Waals surface area contributed by atoms with Gasteiger partial charge < -0.3 is 9.47 Å². The summed E-state index contributed by atoms with van der Waals surface area (Å²) in [6.07, 6.45) is 24.5. The lowest BCUT2D eigenvalue weighted by Gasteiger charge is -2.07. The lowest BCUT2D eigenvalue weighted by Crippen LogP contribution is -2.09. The van der Waals surface area contributed by atoms with Crippen LogP contribution < -0.4 is 0 Å². The SMILES string of the molecule is O=C1OCCCCCCCCCCCCCCCCCCCCCO1. The van der Waals surface area contributed by atoms with Gasteiger partial charge in [-0.3, -0.25) is 0 Å². The van der Waals surface area contributed by atoms with Crippen molar-refractivity contribution in [2.45, 2.75) is 122 Å². The summed E-state index contributed by atoms with van der Waals surface area (Å²) in [6.45, 7) is 1.03. The largest absolute Gasteiger partial charge is 0.508 e.